The van der Waals surface area contributed by atoms with Gasteiger partial charge < -0.3 is 10.6 Å². The Morgan fingerprint density at radius 1 is 0.903 bits per heavy atom. The van der Waals surface area contributed by atoms with E-state index < -0.39 is 23.8 Å². The van der Waals surface area contributed by atoms with Crippen LogP contribution in [0, 0.1) is 0 Å². The Balaban J connectivity index is 1.64. The van der Waals surface area contributed by atoms with Gasteiger partial charge in [0.15, 0.2) is 0 Å². The largest absolute Gasteiger partial charge is 0.326 e. The summed E-state index contributed by atoms with van der Waals surface area (Å²) in [6.45, 7) is 0. The van der Waals surface area contributed by atoms with E-state index in [2.05, 4.69) is 10.6 Å². The van der Waals surface area contributed by atoms with Crippen molar-refractivity contribution in [2.45, 2.75) is 12.5 Å². The summed E-state index contributed by atoms with van der Waals surface area (Å²) in [5, 5.41) is 6.55. The first-order chi connectivity index (χ1) is 14.9. The molecule has 2 N–H and O–H groups in total. The van der Waals surface area contributed by atoms with E-state index in [0.717, 1.165) is 0 Å². The Kier molecular flexibility index (Phi) is 5.93. The van der Waals surface area contributed by atoms with Crippen molar-refractivity contribution in [3.8, 4) is 0 Å². The van der Waals surface area contributed by atoms with Crippen LogP contribution in [0.4, 0.5) is 17.1 Å². The fraction of sp³-hybridized carbons (Fsp3) is 0.0870. The number of hydrogen-bond acceptors (Lipinski definition) is 3. The molecule has 1 aliphatic rings. The number of fused-ring (bicyclic) bond motifs is 1. The van der Waals surface area contributed by atoms with Crippen LogP contribution in [0.1, 0.15) is 16.8 Å². The van der Waals surface area contributed by atoms with E-state index in [1.165, 1.54) is 4.90 Å². The SMILES string of the molecule is O=C(C[C@H]1C(=O)Nc2ccccc2N1C(=O)c1ccc(Cl)cc1)Nc1ccc(Cl)cc1. The maximum Gasteiger partial charge on any atom is 0.259 e. The average molecular weight is 454 g/mol. The number of anilines is 3. The number of para-hydroxylation sites is 2. The van der Waals surface area contributed by atoms with Gasteiger partial charge in [-0.15, -0.1) is 0 Å². The summed E-state index contributed by atoms with van der Waals surface area (Å²) in [4.78, 5) is 40.3. The Morgan fingerprint density at radius 3 is 2.19 bits per heavy atom. The molecular formula is C23H17Cl2N3O3. The lowest BCUT2D eigenvalue weighted by Crippen LogP contribution is -2.52. The van der Waals surface area contributed by atoms with Crippen molar-refractivity contribution >= 4 is 58.0 Å². The van der Waals surface area contributed by atoms with Crippen LogP contribution in [0.2, 0.25) is 10.0 Å². The summed E-state index contributed by atoms with van der Waals surface area (Å²) in [6.07, 6.45) is -0.220. The minimum atomic E-state index is -1.02. The first-order valence-electron chi connectivity index (χ1n) is 9.47. The Hall–Kier alpha value is -3.35. The molecular weight excluding hydrogens is 437 g/mol. The highest BCUT2D eigenvalue weighted by Gasteiger charge is 2.38. The summed E-state index contributed by atoms with van der Waals surface area (Å²) >= 11 is 11.8. The third-order valence-electron chi connectivity index (χ3n) is 4.85. The molecule has 0 radical (unpaired) electrons. The van der Waals surface area contributed by atoms with Gasteiger partial charge in [0.2, 0.25) is 11.8 Å². The number of amides is 3. The van der Waals surface area contributed by atoms with E-state index >= 15 is 0 Å². The standard InChI is InChI=1S/C23H17Cl2N3O3/c24-15-7-5-14(6-8-15)23(31)28-19-4-2-1-3-18(19)27-22(30)20(28)13-21(29)26-17-11-9-16(25)10-12-17/h1-12,20H,13H2,(H,26,29)(H,27,30)/t20-/m0/s1. The summed E-state index contributed by atoms with van der Waals surface area (Å²) < 4.78 is 0. The minimum absolute atomic E-state index is 0.220. The van der Waals surface area contributed by atoms with Gasteiger partial charge in [0.1, 0.15) is 6.04 Å². The fourth-order valence-corrected chi connectivity index (χ4v) is 3.63. The van der Waals surface area contributed by atoms with Crippen molar-refractivity contribution in [1.82, 2.24) is 0 Å². The van der Waals surface area contributed by atoms with Gasteiger partial charge >= 0.3 is 0 Å². The number of hydrogen-bond donors (Lipinski definition) is 2. The maximum absolute atomic E-state index is 13.4. The predicted molar refractivity (Wildman–Crippen MR) is 122 cm³/mol. The second-order valence-electron chi connectivity index (χ2n) is 6.96. The molecule has 3 aromatic carbocycles. The lowest BCUT2D eigenvalue weighted by atomic mass is 10.0. The molecule has 0 aliphatic carbocycles. The van der Waals surface area contributed by atoms with Crippen LogP contribution in [0.3, 0.4) is 0 Å². The summed E-state index contributed by atoms with van der Waals surface area (Å²) in [6, 6.07) is 18.9. The van der Waals surface area contributed by atoms with Gasteiger partial charge in [-0.3, -0.25) is 19.3 Å². The molecule has 0 aromatic heterocycles. The van der Waals surface area contributed by atoms with Crippen molar-refractivity contribution in [1.29, 1.82) is 0 Å². The molecule has 1 atom stereocenters. The summed E-state index contributed by atoms with van der Waals surface area (Å²) in [7, 11) is 0. The normalized spacial score (nSPS) is 15.1. The molecule has 1 aliphatic heterocycles. The quantitative estimate of drug-likeness (QED) is 0.583. The van der Waals surface area contributed by atoms with Crippen LogP contribution < -0.4 is 15.5 Å². The smallest absolute Gasteiger partial charge is 0.259 e. The van der Waals surface area contributed by atoms with E-state index in [0.29, 0.717) is 32.7 Å². The molecule has 0 saturated carbocycles. The molecule has 156 valence electrons. The molecule has 0 saturated heterocycles. The highest BCUT2D eigenvalue weighted by atomic mass is 35.5. The van der Waals surface area contributed by atoms with E-state index in [9.17, 15) is 14.4 Å². The molecule has 0 unspecified atom stereocenters. The number of nitrogens with zero attached hydrogens (tertiary/aromatic N) is 1. The molecule has 3 aromatic rings. The van der Waals surface area contributed by atoms with Crippen molar-refractivity contribution < 1.29 is 14.4 Å². The second-order valence-corrected chi connectivity index (χ2v) is 7.84. The van der Waals surface area contributed by atoms with Crippen molar-refractivity contribution in [2.75, 3.05) is 15.5 Å². The zero-order valence-electron chi connectivity index (χ0n) is 16.1. The molecule has 8 heteroatoms. The van der Waals surface area contributed by atoms with Crippen LogP contribution in [-0.4, -0.2) is 23.8 Å². The van der Waals surface area contributed by atoms with Crippen LogP contribution in [0.5, 0.6) is 0 Å². The molecule has 0 bridgehead atoms. The van der Waals surface area contributed by atoms with Gasteiger partial charge in [-0.25, -0.2) is 0 Å². The van der Waals surface area contributed by atoms with E-state index in [-0.39, 0.29) is 6.42 Å². The van der Waals surface area contributed by atoms with Crippen molar-refractivity contribution in [3.05, 3.63) is 88.4 Å². The fourth-order valence-electron chi connectivity index (χ4n) is 3.38. The summed E-state index contributed by atoms with van der Waals surface area (Å²) in [5.74, 6) is -1.24. The number of carbonyl (C=O) groups is 3. The van der Waals surface area contributed by atoms with E-state index in [1.54, 1.807) is 72.8 Å². The number of rotatable bonds is 4. The predicted octanol–water partition coefficient (Wildman–Crippen LogP) is 4.99. The molecule has 4 rings (SSSR count). The van der Waals surface area contributed by atoms with Gasteiger partial charge in [0.25, 0.3) is 5.91 Å². The van der Waals surface area contributed by atoms with Gasteiger partial charge in [-0.05, 0) is 60.7 Å². The van der Waals surface area contributed by atoms with Gasteiger partial charge in [-0.2, -0.15) is 0 Å². The lowest BCUT2D eigenvalue weighted by molar-refractivity contribution is -0.122. The van der Waals surface area contributed by atoms with Crippen molar-refractivity contribution in [2.24, 2.45) is 0 Å². The zero-order chi connectivity index (χ0) is 22.0. The van der Waals surface area contributed by atoms with Crippen LogP contribution in [-0.2, 0) is 9.59 Å². The maximum atomic E-state index is 13.4. The number of nitrogens with one attached hydrogen (secondary N) is 2. The van der Waals surface area contributed by atoms with Crippen LogP contribution in [0.25, 0.3) is 0 Å². The Labute approximate surface area is 188 Å². The van der Waals surface area contributed by atoms with Crippen LogP contribution in [0.15, 0.2) is 72.8 Å². The Bertz CT molecular complexity index is 1150. The Morgan fingerprint density at radius 2 is 1.52 bits per heavy atom. The first-order valence-corrected chi connectivity index (χ1v) is 10.2. The van der Waals surface area contributed by atoms with Gasteiger partial charge in [0.05, 0.1) is 17.8 Å². The molecule has 6 nitrogen and oxygen atoms in total. The topological polar surface area (TPSA) is 78.5 Å². The number of halogens is 2. The molecule has 3 amide bonds. The third-order valence-corrected chi connectivity index (χ3v) is 5.36. The molecule has 1 heterocycles. The van der Waals surface area contributed by atoms with E-state index in [4.69, 9.17) is 23.2 Å². The zero-order valence-corrected chi connectivity index (χ0v) is 17.7. The first kappa shape index (κ1) is 20.9. The van der Waals surface area contributed by atoms with Crippen LogP contribution >= 0.6 is 23.2 Å². The molecule has 0 spiro atoms. The van der Waals surface area contributed by atoms with Crippen molar-refractivity contribution in [3.63, 3.8) is 0 Å². The molecule has 0 fully saturated rings. The highest BCUT2D eigenvalue weighted by Crippen LogP contribution is 2.34. The van der Waals surface area contributed by atoms with E-state index in [1.807, 2.05) is 0 Å². The lowest BCUT2D eigenvalue weighted by Gasteiger charge is -2.36. The third kappa shape index (κ3) is 4.55. The monoisotopic (exact) mass is 453 g/mol. The molecule has 31 heavy (non-hydrogen) atoms. The average Bonchev–Trinajstić information content (AvgIpc) is 2.76. The number of carbonyl (C=O) groups excluding carboxylic acids is 3. The van der Waals surface area contributed by atoms with Gasteiger partial charge in [0, 0.05) is 21.3 Å². The number of benzene rings is 3. The summed E-state index contributed by atoms with van der Waals surface area (Å²) in [5.41, 5.74) is 1.93. The second kappa shape index (κ2) is 8.79. The highest BCUT2D eigenvalue weighted by molar-refractivity contribution is 6.31. The minimum Gasteiger partial charge on any atom is -0.326 e. The van der Waals surface area contributed by atoms with Gasteiger partial charge in [-0.1, -0.05) is 35.3 Å².